The first-order chi connectivity index (χ1) is 11.9. The molecule has 2 atom stereocenters. The fraction of sp³-hybridized carbons (Fsp3) is 0.900. The quantitative estimate of drug-likeness (QED) is 0.762. The second-order valence-electron chi connectivity index (χ2n) is 8.37. The van der Waals surface area contributed by atoms with Gasteiger partial charge in [0.05, 0.1) is 12.7 Å². The van der Waals surface area contributed by atoms with Gasteiger partial charge in [0.2, 0.25) is 5.91 Å². The molecule has 2 fully saturated rings. The number of amides is 1. The summed E-state index contributed by atoms with van der Waals surface area (Å²) < 4.78 is 6.23. The molecular formula is C20H37N2O3+. The number of rotatable bonds is 7. The van der Waals surface area contributed by atoms with Crippen LogP contribution in [0.3, 0.4) is 0 Å². The molecule has 2 rings (SSSR count). The Balaban J connectivity index is 1.84. The van der Waals surface area contributed by atoms with Gasteiger partial charge < -0.3 is 20.2 Å². The Morgan fingerprint density at radius 2 is 1.80 bits per heavy atom. The lowest BCUT2D eigenvalue weighted by Crippen LogP contribution is -2.73. The molecule has 0 radical (unpaired) electrons. The molecule has 3 N–H and O–H groups in total. The van der Waals surface area contributed by atoms with Crippen molar-refractivity contribution in [2.24, 2.45) is 11.8 Å². The lowest BCUT2D eigenvalue weighted by Gasteiger charge is -2.39. The number of likely N-dealkylation sites (tertiary alicyclic amines) is 1. The molecule has 0 spiro atoms. The molecule has 0 aromatic heterocycles. The number of piperidine rings is 1. The zero-order chi connectivity index (χ0) is 18.4. The molecule has 5 heteroatoms. The minimum atomic E-state index is 0.0658. The van der Waals surface area contributed by atoms with Crippen molar-refractivity contribution in [2.75, 3.05) is 13.2 Å². The maximum absolute atomic E-state index is 12.5. The Morgan fingerprint density at radius 3 is 2.40 bits per heavy atom. The van der Waals surface area contributed by atoms with E-state index in [9.17, 15) is 9.59 Å². The molecular weight excluding hydrogens is 316 g/mol. The second kappa shape index (κ2) is 9.67. The van der Waals surface area contributed by atoms with Gasteiger partial charge in [-0.1, -0.05) is 13.8 Å². The SMILES string of the molecule is CC(=O)CCC(=O)N1CCCC([NH3+])C1COC1CCC(C(C)C)CC1. The van der Waals surface area contributed by atoms with Crippen LogP contribution in [-0.2, 0) is 14.3 Å². The van der Waals surface area contributed by atoms with Crippen LogP contribution in [0.5, 0.6) is 0 Å². The van der Waals surface area contributed by atoms with Crippen LogP contribution in [0.2, 0.25) is 0 Å². The summed E-state index contributed by atoms with van der Waals surface area (Å²) in [5, 5.41) is 0. The van der Waals surface area contributed by atoms with Crippen LogP contribution in [0.15, 0.2) is 0 Å². The van der Waals surface area contributed by atoms with Crippen LogP contribution in [0.25, 0.3) is 0 Å². The fourth-order valence-corrected chi connectivity index (χ4v) is 4.26. The molecule has 2 aliphatic rings. The van der Waals surface area contributed by atoms with Gasteiger partial charge in [0, 0.05) is 25.8 Å². The number of quaternary nitrogens is 1. The molecule has 25 heavy (non-hydrogen) atoms. The Bertz CT molecular complexity index is 444. The summed E-state index contributed by atoms with van der Waals surface area (Å²) in [6.45, 7) is 7.53. The van der Waals surface area contributed by atoms with E-state index < -0.39 is 0 Å². The van der Waals surface area contributed by atoms with Crippen molar-refractivity contribution >= 4 is 11.7 Å². The van der Waals surface area contributed by atoms with Gasteiger partial charge in [0.25, 0.3) is 0 Å². The van der Waals surface area contributed by atoms with Crippen molar-refractivity contribution in [1.29, 1.82) is 0 Å². The number of ether oxygens (including phenoxy) is 1. The Labute approximate surface area is 152 Å². The normalized spacial score (nSPS) is 30.5. The topological polar surface area (TPSA) is 74.3 Å². The highest BCUT2D eigenvalue weighted by Crippen LogP contribution is 2.31. The Hall–Kier alpha value is -0.940. The zero-order valence-corrected chi connectivity index (χ0v) is 16.3. The van der Waals surface area contributed by atoms with Crippen molar-refractivity contribution in [3.8, 4) is 0 Å². The van der Waals surface area contributed by atoms with Gasteiger partial charge in [0.15, 0.2) is 0 Å². The molecule has 0 bridgehead atoms. The predicted octanol–water partition coefficient (Wildman–Crippen LogP) is 2.19. The summed E-state index contributed by atoms with van der Waals surface area (Å²) in [5.74, 6) is 1.75. The average Bonchev–Trinajstić information content (AvgIpc) is 2.58. The van der Waals surface area contributed by atoms with Crippen LogP contribution in [0.4, 0.5) is 0 Å². The minimum absolute atomic E-state index is 0.0658. The van der Waals surface area contributed by atoms with Crippen LogP contribution < -0.4 is 5.73 Å². The number of hydrogen-bond donors (Lipinski definition) is 1. The first-order valence-corrected chi connectivity index (χ1v) is 10.1. The molecule has 1 saturated carbocycles. The molecule has 5 nitrogen and oxygen atoms in total. The monoisotopic (exact) mass is 353 g/mol. The number of Topliss-reactive ketones (excluding diaryl/α,β-unsaturated/α-hetero) is 1. The van der Waals surface area contributed by atoms with Gasteiger partial charge in [-0.15, -0.1) is 0 Å². The number of nitrogens with zero attached hydrogens (tertiary/aromatic N) is 1. The molecule has 144 valence electrons. The van der Waals surface area contributed by atoms with E-state index in [1.54, 1.807) is 6.92 Å². The van der Waals surface area contributed by atoms with Crippen LogP contribution in [0.1, 0.15) is 72.1 Å². The molecule has 1 amide bonds. The van der Waals surface area contributed by atoms with Crippen LogP contribution in [0, 0.1) is 11.8 Å². The highest BCUT2D eigenvalue weighted by atomic mass is 16.5. The Kier molecular flexibility index (Phi) is 7.88. The van der Waals surface area contributed by atoms with E-state index in [1.807, 2.05) is 4.90 Å². The summed E-state index contributed by atoms with van der Waals surface area (Å²) >= 11 is 0. The van der Waals surface area contributed by atoms with E-state index >= 15 is 0 Å². The van der Waals surface area contributed by atoms with Crippen molar-refractivity contribution in [3.63, 3.8) is 0 Å². The van der Waals surface area contributed by atoms with Gasteiger partial charge in [0.1, 0.15) is 17.9 Å². The molecule has 2 unspecified atom stereocenters. The van der Waals surface area contributed by atoms with Gasteiger partial charge in [-0.3, -0.25) is 4.79 Å². The van der Waals surface area contributed by atoms with E-state index in [0.717, 1.165) is 44.1 Å². The number of hydrogen-bond acceptors (Lipinski definition) is 3. The maximum atomic E-state index is 12.5. The van der Waals surface area contributed by atoms with Gasteiger partial charge in [-0.05, 0) is 50.9 Å². The highest BCUT2D eigenvalue weighted by molar-refractivity contribution is 5.83. The van der Waals surface area contributed by atoms with E-state index in [2.05, 4.69) is 19.6 Å². The van der Waals surface area contributed by atoms with E-state index in [4.69, 9.17) is 4.74 Å². The fourth-order valence-electron chi connectivity index (χ4n) is 4.26. The van der Waals surface area contributed by atoms with E-state index in [-0.39, 0.29) is 23.8 Å². The van der Waals surface area contributed by atoms with Crippen molar-refractivity contribution in [3.05, 3.63) is 0 Å². The minimum Gasteiger partial charge on any atom is -0.376 e. The third-order valence-corrected chi connectivity index (χ3v) is 6.09. The summed E-state index contributed by atoms with van der Waals surface area (Å²) in [6.07, 6.45) is 7.80. The summed E-state index contributed by atoms with van der Waals surface area (Å²) in [5.41, 5.74) is 4.26. The number of carbonyl (C=O) groups is 2. The molecule has 0 aromatic carbocycles. The third-order valence-electron chi connectivity index (χ3n) is 6.09. The number of carbonyl (C=O) groups excluding carboxylic acids is 2. The lowest BCUT2D eigenvalue weighted by atomic mass is 9.80. The van der Waals surface area contributed by atoms with Crippen molar-refractivity contribution < 1.29 is 20.1 Å². The van der Waals surface area contributed by atoms with Gasteiger partial charge in [-0.2, -0.15) is 0 Å². The molecule has 0 aromatic rings. The predicted molar refractivity (Wildman–Crippen MR) is 97.9 cm³/mol. The first-order valence-electron chi connectivity index (χ1n) is 10.1. The number of ketones is 1. The highest BCUT2D eigenvalue weighted by Gasteiger charge is 2.35. The standard InChI is InChI=1S/C20H36N2O3/c1-14(2)16-7-9-17(10-8-16)25-13-19-18(21)5-4-12-22(19)20(24)11-6-15(3)23/h14,16-19H,4-13,21H2,1-3H3/p+1. The Morgan fingerprint density at radius 1 is 1.12 bits per heavy atom. The lowest BCUT2D eigenvalue weighted by molar-refractivity contribution is -0.438. The summed E-state index contributed by atoms with van der Waals surface area (Å²) in [4.78, 5) is 25.6. The first kappa shape index (κ1) is 20.4. The van der Waals surface area contributed by atoms with Crippen molar-refractivity contribution in [2.45, 2.75) is 90.3 Å². The molecule has 1 aliphatic carbocycles. The molecule has 1 aliphatic heterocycles. The summed E-state index contributed by atoms with van der Waals surface area (Å²) in [7, 11) is 0. The largest absolute Gasteiger partial charge is 0.376 e. The van der Waals surface area contributed by atoms with Crippen molar-refractivity contribution in [1.82, 2.24) is 4.90 Å². The second-order valence-corrected chi connectivity index (χ2v) is 8.37. The van der Waals surface area contributed by atoms with Crippen LogP contribution >= 0.6 is 0 Å². The van der Waals surface area contributed by atoms with E-state index in [1.165, 1.54) is 12.8 Å². The average molecular weight is 354 g/mol. The van der Waals surface area contributed by atoms with E-state index in [0.29, 0.717) is 25.6 Å². The summed E-state index contributed by atoms with van der Waals surface area (Å²) in [6, 6.07) is 0.290. The maximum Gasteiger partial charge on any atom is 0.223 e. The third kappa shape index (κ3) is 6.07. The zero-order valence-electron chi connectivity index (χ0n) is 16.3. The van der Waals surface area contributed by atoms with Gasteiger partial charge >= 0.3 is 0 Å². The van der Waals surface area contributed by atoms with Crippen LogP contribution in [-0.4, -0.2) is 47.9 Å². The molecule has 1 heterocycles. The molecule has 1 saturated heterocycles. The van der Waals surface area contributed by atoms with Gasteiger partial charge in [-0.25, -0.2) is 0 Å². The smallest absolute Gasteiger partial charge is 0.223 e.